The Kier molecular flexibility index (Phi) is 7.61. The number of aromatic nitrogens is 4. The van der Waals surface area contributed by atoms with Crippen molar-refractivity contribution in [3.8, 4) is 0 Å². The number of ether oxygens (including phenoxy) is 1. The molecule has 0 aliphatic heterocycles. The molecule has 0 saturated heterocycles. The van der Waals surface area contributed by atoms with Crippen molar-refractivity contribution in [2.24, 2.45) is 14.1 Å². The summed E-state index contributed by atoms with van der Waals surface area (Å²) in [6.07, 6.45) is 2.25. The van der Waals surface area contributed by atoms with Crippen molar-refractivity contribution in [3.63, 3.8) is 0 Å². The highest BCUT2D eigenvalue weighted by Crippen LogP contribution is 2.12. The predicted octanol–water partition coefficient (Wildman–Crippen LogP) is -0.316. The molecule has 3 rings (SSSR count). The zero-order valence-electron chi connectivity index (χ0n) is 19.2. The van der Waals surface area contributed by atoms with Crippen LogP contribution < -0.4 is 21.9 Å². The number of carbonyl (C=O) groups excluding carboxylic acids is 3. The molecule has 0 saturated carbocycles. The van der Waals surface area contributed by atoms with E-state index in [-0.39, 0.29) is 31.2 Å². The zero-order valence-corrected chi connectivity index (χ0v) is 19.2. The van der Waals surface area contributed by atoms with Crippen LogP contribution in [0.1, 0.15) is 18.4 Å². The van der Waals surface area contributed by atoms with E-state index in [0.717, 1.165) is 10.1 Å². The number of benzene rings is 1. The fraction of sp³-hybridized carbons (Fsp3) is 0.364. The van der Waals surface area contributed by atoms with Crippen molar-refractivity contribution in [1.82, 2.24) is 24.0 Å². The summed E-state index contributed by atoms with van der Waals surface area (Å²) in [5.74, 6) is -1.04. The van der Waals surface area contributed by atoms with Gasteiger partial charge in [0.1, 0.15) is 6.54 Å². The second kappa shape index (κ2) is 10.6. The number of imidazole rings is 1. The monoisotopic (exact) mass is 470 g/mol. The Morgan fingerprint density at radius 3 is 2.41 bits per heavy atom. The zero-order chi connectivity index (χ0) is 24.8. The quantitative estimate of drug-likeness (QED) is 0.408. The number of fused-ring (bicyclic) bond motifs is 1. The number of nitrogens with zero attached hydrogens (tertiary/aromatic N) is 4. The van der Waals surface area contributed by atoms with Gasteiger partial charge in [0.2, 0.25) is 11.8 Å². The molecule has 2 heterocycles. The Morgan fingerprint density at radius 1 is 1.03 bits per heavy atom. The Balaban J connectivity index is 1.51. The van der Waals surface area contributed by atoms with E-state index in [0.29, 0.717) is 29.8 Å². The molecule has 0 bridgehead atoms. The molecule has 2 N–H and O–H groups in total. The minimum absolute atomic E-state index is 0.0924. The Morgan fingerprint density at radius 2 is 1.74 bits per heavy atom. The molecule has 0 spiro atoms. The van der Waals surface area contributed by atoms with E-state index in [1.165, 1.54) is 25.1 Å². The third-order valence-corrected chi connectivity index (χ3v) is 5.28. The highest BCUT2D eigenvalue weighted by Gasteiger charge is 2.14. The summed E-state index contributed by atoms with van der Waals surface area (Å²) in [5.41, 5.74) is 1.05. The summed E-state index contributed by atoms with van der Waals surface area (Å²) < 4.78 is 8.45. The first-order valence-corrected chi connectivity index (χ1v) is 10.5. The van der Waals surface area contributed by atoms with Crippen LogP contribution in [-0.4, -0.2) is 50.1 Å². The van der Waals surface area contributed by atoms with Gasteiger partial charge >= 0.3 is 11.7 Å². The lowest BCUT2D eigenvalue weighted by Crippen LogP contribution is -2.37. The first-order valence-electron chi connectivity index (χ1n) is 10.5. The largest absolute Gasteiger partial charge is 0.468 e. The van der Waals surface area contributed by atoms with E-state index in [2.05, 4.69) is 20.4 Å². The summed E-state index contributed by atoms with van der Waals surface area (Å²) in [6, 6.07) is 6.80. The maximum atomic E-state index is 12.5. The molecular formula is C22H26N6O6. The van der Waals surface area contributed by atoms with Gasteiger partial charge in [-0.25, -0.2) is 9.78 Å². The maximum Gasteiger partial charge on any atom is 0.332 e. The number of hydrogen-bond acceptors (Lipinski definition) is 7. The highest BCUT2D eigenvalue weighted by molar-refractivity contribution is 5.90. The Labute approximate surface area is 194 Å². The van der Waals surface area contributed by atoms with Gasteiger partial charge < -0.3 is 19.9 Å². The van der Waals surface area contributed by atoms with Crippen LogP contribution in [0.15, 0.2) is 40.2 Å². The van der Waals surface area contributed by atoms with Crippen LogP contribution in [0.2, 0.25) is 0 Å². The maximum absolute atomic E-state index is 12.5. The van der Waals surface area contributed by atoms with Gasteiger partial charge in [0.15, 0.2) is 11.2 Å². The highest BCUT2D eigenvalue weighted by atomic mass is 16.5. The lowest BCUT2D eigenvalue weighted by atomic mass is 10.1. The molecular weight excluding hydrogens is 444 g/mol. The molecule has 0 aliphatic carbocycles. The van der Waals surface area contributed by atoms with Gasteiger partial charge in [-0.2, -0.15) is 0 Å². The third kappa shape index (κ3) is 5.57. The normalized spacial score (nSPS) is 10.8. The summed E-state index contributed by atoms with van der Waals surface area (Å²) in [7, 11) is 4.21. The van der Waals surface area contributed by atoms with Crippen LogP contribution >= 0.6 is 0 Å². The van der Waals surface area contributed by atoms with Gasteiger partial charge in [0.05, 0.1) is 19.9 Å². The van der Waals surface area contributed by atoms with Crippen LogP contribution in [0.5, 0.6) is 0 Å². The average molecular weight is 470 g/mol. The molecule has 0 unspecified atom stereocenters. The average Bonchev–Trinajstić information content (AvgIpc) is 3.25. The lowest BCUT2D eigenvalue weighted by molar-refractivity contribution is -0.141. The van der Waals surface area contributed by atoms with Crippen molar-refractivity contribution in [2.75, 3.05) is 19.0 Å². The van der Waals surface area contributed by atoms with Crippen molar-refractivity contribution in [2.45, 2.75) is 25.8 Å². The smallest absolute Gasteiger partial charge is 0.332 e. The molecule has 3 aromatic rings. The first-order chi connectivity index (χ1) is 16.2. The number of nitrogens with one attached hydrogen (secondary N) is 2. The number of amides is 2. The van der Waals surface area contributed by atoms with Crippen molar-refractivity contribution in [3.05, 3.63) is 57.0 Å². The second-order valence-electron chi connectivity index (χ2n) is 7.69. The molecule has 2 amide bonds. The molecule has 0 atom stereocenters. The van der Waals surface area contributed by atoms with E-state index in [1.54, 1.807) is 35.9 Å². The SMILES string of the molecule is COC(=O)CNC(=O)Cc1ccc(NC(=O)CCCn2cnc3c2c(=O)n(C)c(=O)n3C)cc1. The molecule has 12 nitrogen and oxygen atoms in total. The van der Waals surface area contributed by atoms with E-state index < -0.39 is 17.2 Å². The summed E-state index contributed by atoms with van der Waals surface area (Å²) in [5, 5.41) is 5.25. The van der Waals surface area contributed by atoms with Crippen LogP contribution in [0.25, 0.3) is 11.2 Å². The number of rotatable bonds is 9. The summed E-state index contributed by atoms with van der Waals surface area (Å²) in [6.45, 7) is 0.196. The number of methoxy groups -OCH3 is 1. The molecule has 34 heavy (non-hydrogen) atoms. The van der Waals surface area contributed by atoms with Crippen molar-refractivity contribution >= 4 is 34.6 Å². The molecule has 1 aromatic carbocycles. The van der Waals surface area contributed by atoms with Gasteiger partial charge in [-0.3, -0.25) is 28.3 Å². The van der Waals surface area contributed by atoms with Gasteiger partial charge in [-0.15, -0.1) is 0 Å². The fourth-order valence-electron chi connectivity index (χ4n) is 3.40. The summed E-state index contributed by atoms with van der Waals surface area (Å²) in [4.78, 5) is 63.8. The van der Waals surface area contributed by atoms with Crippen LogP contribution in [0, 0.1) is 0 Å². The third-order valence-electron chi connectivity index (χ3n) is 5.28. The van der Waals surface area contributed by atoms with Gasteiger partial charge in [-0.05, 0) is 24.1 Å². The van der Waals surface area contributed by atoms with Gasteiger partial charge in [0, 0.05) is 32.7 Å². The molecule has 180 valence electrons. The molecule has 0 fully saturated rings. The predicted molar refractivity (Wildman–Crippen MR) is 123 cm³/mol. The van der Waals surface area contributed by atoms with Crippen LogP contribution in [0.4, 0.5) is 5.69 Å². The lowest BCUT2D eigenvalue weighted by Gasteiger charge is -2.08. The van der Waals surface area contributed by atoms with Gasteiger partial charge in [0.25, 0.3) is 5.56 Å². The van der Waals surface area contributed by atoms with Crippen LogP contribution in [-0.2, 0) is 46.2 Å². The van der Waals surface area contributed by atoms with Crippen molar-refractivity contribution in [1.29, 1.82) is 0 Å². The molecule has 0 radical (unpaired) electrons. The van der Waals surface area contributed by atoms with E-state index in [1.807, 2.05) is 0 Å². The number of esters is 1. The Bertz CT molecular complexity index is 1330. The van der Waals surface area contributed by atoms with E-state index >= 15 is 0 Å². The molecule has 2 aromatic heterocycles. The van der Waals surface area contributed by atoms with E-state index in [9.17, 15) is 24.0 Å². The number of hydrogen-bond donors (Lipinski definition) is 2. The minimum Gasteiger partial charge on any atom is -0.468 e. The number of anilines is 1. The Hall–Kier alpha value is -4.22. The van der Waals surface area contributed by atoms with Gasteiger partial charge in [-0.1, -0.05) is 12.1 Å². The molecule has 0 aliphatic rings. The number of carbonyl (C=O) groups is 3. The van der Waals surface area contributed by atoms with Crippen molar-refractivity contribution < 1.29 is 19.1 Å². The minimum atomic E-state index is -0.527. The molecule has 12 heteroatoms. The second-order valence-corrected chi connectivity index (χ2v) is 7.69. The summed E-state index contributed by atoms with van der Waals surface area (Å²) >= 11 is 0. The topological polar surface area (TPSA) is 146 Å². The first kappa shape index (κ1) is 24.4. The van der Waals surface area contributed by atoms with Crippen LogP contribution in [0.3, 0.4) is 0 Å². The standard InChI is InChI=1S/C22H26N6O6/c1-26-20-19(21(32)27(2)22(26)33)28(13-24-20)10-4-5-16(29)25-15-8-6-14(7-9-15)11-17(30)23-12-18(31)34-3/h6-9,13H,4-5,10-12H2,1-3H3,(H,23,30)(H,25,29). The number of aryl methyl sites for hydroxylation is 2. The fourth-order valence-corrected chi connectivity index (χ4v) is 3.40. The van der Waals surface area contributed by atoms with E-state index in [4.69, 9.17) is 0 Å².